The van der Waals surface area contributed by atoms with Crippen molar-refractivity contribution >= 4 is 11.9 Å². The molecule has 1 saturated carbocycles. The van der Waals surface area contributed by atoms with E-state index in [0.717, 1.165) is 52.2 Å². The van der Waals surface area contributed by atoms with Gasteiger partial charge in [0.05, 0.1) is 19.7 Å². The first-order valence-electron chi connectivity index (χ1n) is 9.96. The van der Waals surface area contributed by atoms with E-state index in [9.17, 15) is 18.0 Å². The number of carbonyl (C=O) groups excluding carboxylic acids is 1. The largest absolute Gasteiger partial charge is 0.490 e. The van der Waals surface area contributed by atoms with Gasteiger partial charge in [0.1, 0.15) is 5.60 Å². The Balaban J connectivity index is 0.000000345. The van der Waals surface area contributed by atoms with Crippen LogP contribution in [0, 0.1) is 17.8 Å². The van der Waals surface area contributed by atoms with Gasteiger partial charge in [-0.1, -0.05) is 20.8 Å². The maximum absolute atomic E-state index is 12.2. The molecule has 3 rings (SSSR count). The van der Waals surface area contributed by atoms with Crippen LogP contribution in [0.5, 0.6) is 0 Å². The number of rotatable bonds is 5. The highest BCUT2D eigenvalue weighted by Gasteiger charge is 2.52. The zero-order valence-electron chi connectivity index (χ0n) is 16.8. The molecule has 0 aromatic heterocycles. The van der Waals surface area contributed by atoms with Crippen LogP contribution < -0.4 is 0 Å². The lowest BCUT2D eigenvalue weighted by Gasteiger charge is -2.53. The predicted octanol–water partition coefficient (Wildman–Crippen LogP) is 2.63. The number of amides is 1. The van der Waals surface area contributed by atoms with Crippen molar-refractivity contribution in [2.45, 2.75) is 51.8 Å². The fourth-order valence-corrected chi connectivity index (χ4v) is 3.86. The van der Waals surface area contributed by atoms with E-state index in [1.807, 2.05) is 4.90 Å². The van der Waals surface area contributed by atoms with Crippen LogP contribution in [0.15, 0.2) is 0 Å². The fourth-order valence-electron chi connectivity index (χ4n) is 3.86. The second-order valence-corrected chi connectivity index (χ2v) is 8.20. The highest BCUT2D eigenvalue weighted by atomic mass is 19.4. The summed E-state index contributed by atoms with van der Waals surface area (Å²) >= 11 is 0. The monoisotopic (exact) mass is 408 g/mol. The highest BCUT2D eigenvalue weighted by Crippen LogP contribution is 2.43. The van der Waals surface area contributed by atoms with E-state index in [0.29, 0.717) is 23.7 Å². The van der Waals surface area contributed by atoms with Crippen LogP contribution in [0.1, 0.15) is 40.0 Å². The second-order valence-electron chi connectivity index (χ2n) is 8.20. The van der Waals surface area contributed by atoms with Crippen LogP contribution in [-0.4, -0.2) is 77.9 Å². The normalized spacial score (nSPS) is 28.4. The number of carboxylic acids is 1. The molecule has 1 spiro atoms. The summed E-state index contributed by atoms with van der Waals surface area (Å²) in [4.78, 5) is 25.6. The summed E-state index contributed by atoms with van der Waals surface area (Å²) in [6.07, 6.45) is -1.61. The van der Waals surface area contributed by atoms with E-state index in [2.05, 4.69) is 25.7 Å². The minimum atomic E-state index is -5.08. The molecule has 6 nitrogen and oxygen atoms in total. The van der Waals surface area contributed by atoms with Crippen LogP contribution in [0.2, 0.25) is 0 Å². The molecule has 3 aliphatic rings. The predicted molar refractivity (Wildman–Crippen MR) is 96.7 cm³/mol. The number of likely N-dealkylation sites (tertiary alicyclic amines) is 1. The van der Waals surface area contributed by atoms with Gasteiger partial charge in [-0.3, -0.25) is 4.79 Å². The van der Waals surface area contributed by atoms with Crippen molar-refractivity contribution in [1.82, 2.24) is 9.80 Å². The number of aliphatic carboxylic acids is 1. The topological polar surface area (TPSA) is 70.1 Å². The minimum Gasteiger partial charge on any atom is -0.475 e. The van der Waals surface area contributed by atoms with Crippen molar-refractivity contribution in [3.8, 4) is 0 Å². The third-order valence-corrected chi connectivity index (χ3v) is 5.98. The molecule has 0 bridgehead atoms. The molecule has 2 aliphatic heterocycles. The Hall–Kier alpha value is -1.35. The minimum absolute atomic E-state index is 0.00749. The summed E-state index contributed by atoms with van der Waals surface area (Å²) < 4.78 is 37.9. The molecular formula is C19H31F3N2O4. The number of alkyl halides is 3. The van der Waals surface area contributed by atoms with Crippen molar-refractivity contribution in [3.05, 3.63) is 0 Å². The summed E-state index contributed by atoms with van der Waals surface area (Å²) in [6.45, 7) is 12.6. The van der Waals surface area contributed by atoms with Gasteiger partial charge < -0.3 is 19.6 Å². The van der Waals surface area contributed by atoms with Gasteiger partial charge in [-0.15, -0.1) is 0 Å². The molecule has 1 N–H and O–H groups in total. The second kappa shape index (κ2) is 8.98. The van der Waals surface area contributed by atoms with Gasteiger partial charge in [0.15, 0.2) is 0 Å². The van der Waals surface area contributed by atoms with Crippen LogP contribution in [0.4, 0.5) is 13.2 Å². The number of carbonyl (C=O) groups is 2. The van der Waals surface area contributed by atoms with Crippen molar-refractivity contribution in [3.63, 3.8) is 0 Å². The number of ether oxygens (including phenoxy) is 1. The van der Waals surface area contributed by atoms with Crippen molar-refractivity contribution in [2.24, 2.45) is 17.8 Å². The SMILES string of the molecule is CCN(CC)CC1CCC2(CN(C(=O)C3CC3C)C2)OC1.O=C(O)C(F)(F)F. The molecule has 28 heavy (non-hydrogen) atoms. The Kier molecular flexibility index (Phi) is 7.36. The third kappa shape index (κ3) is 5.83. The average Bonchev–Trinajstić information content (AvgIpc) is 3.34. The summed E-state index contributed by atoms with van der Waals surface area (Å²) in [7, 11) is 0. The van der Waals surface area contributed by atoms with Gasteiger partial charge in [-0.25, -0.2) is 4.79 Å². The number of halogens is 3. The number of hydrogen-bond acceptors (Lipinski definition) is 4. The maximum atomic E-state index is 12.2. The lowest BCUT2D eigenvalue weighted by Crippen LogP contribution is -2.66. The van der Waals surface area contributed by atoms with Gasteiger partial charge in [0.2, 0.25) is 5.91 Å². The number of carboxylic acid groups (broad SMARTS) is 1. The Labute approximate surface area is 164 Å². The molecule has 0 radical (unpaired) electrons. The molecule has 2 saturated heterocycles. The Morgan fingerprint density at radius 1 is 1.25 bits per heavy atom. The van der Waals surface area contributed by atoms with Gasteiger partial charge in [0, 0.05) is 12.5 Å². The molecule has 3 atom stereocenters. The molecule has 1 amide bonds. The van der Waals surface area contributed by atoms with Crippen LogP contribution in [-0.2, 0) is 14.3 Å². The van der Waals surface area contributed by atoms with Crippen LogP contribution >= 0.6 is 0 Å². The number of nitrogens with zero attached hydrogens (tertiary/aromatic N) is 2. The van der Waals surface area contributed by atoms with E-state index in [4.69, 9.17) is 14.6 Å². The van der Waals surface area contributed by atoms with Crippen molar-refractivity contribution in [2.75, 3.05) is 39.3 Å². The molecule has 9 heteroatoms. The van der Waals surface area contributed by atoms with Crippen LogP contribution in [0.3, 0.4) is 0 Å². The molecule has 0 aromatic rings. The zero-order valence-corrected chi connectivity index (χ0v) is 16.8. The van der Waals surface area contributed by atoms with Gasteiger partial charge >= 0.3 is 12.1 Å². The average molecular weight is 408 g/mol. The molecular weight excluding hydrogens is 377 g/mol. The first-order valence-corrected chi connectivity index (χ1v) is 9.96. The van der Waals surface area contributed by atoms with Crippen molar-refractivity contribution in [1.29, 1.82) is 0 Å². The van der Waals surface area contributed by atoms with Crippen molar-refractivity contribution < 1.29 is 32.6 Å². The highest BCUT2D eigenvalue weighted by molar-refractivity contribution is 5.82. The zero-order chi connectivity index (χ0) is 21.1. The van der Waals surface area contributed by atoms with E-state index < -0.39 is 12.1 Å². The number of hydrogen-bond donors (Lipinski definition) is 1. The Bertz CT molecular complexity index is 550. The Morgan fingerprint density at radius 3 is 2.14 bits per heavy atom. The van der Waals surface area contributed by atoms with Gasteiger partial charge in [0.25, 0.3) is 0 Å². The summed E-state index contributed by atoms with van der Waals surface area (Å²) in [5.41, 5.74) is 0.00749. The van der Waals surface area contributed by atoms with Gasteiger partial charge in [-0.05, 0) is 44.2 Å². The molecule has 162 valence electrons. The lowest BCUT2D eigenvalue weighted by atomic mass is 9.82. The molecule has 1 aliphatic carbocycles. The van der Waals surface area contributed by atoms with E-state index in [1.165, 1.54) is 6.42 Å². The first-order chi connectivity index (χ1) is 13.0. The van der Waals surface area contributed by atoms with E-state index >= 15 is 0 Å². The molecule has 3 unspecified atom stereocenters. The lowest BCUT2D eigenvalue weighted by molar-refractivity contribution is -0.192. The Morgan fingerprint density at radius 2 is 1.79 bits per heavy atom. The summed E-state index contributed by atoms with van der Waals surface area (Å²) in [6, 6.07) is 0. The molecule has 3 fully saturated rings. The smallest absolute Gasteiger partial charge is 0.475 e. The van der Waals surface area contributed by atoms with Gasteiger partial charge in [-0.2, -0.15) is 13.2 Å². The van der Waals surface area contributed by atoms with E-state index in [1.54, 1.807) is 0 Å². The van der Waals surface area contributed by atoms with E-state index in [-0.39, 0.29) is 5.60 Å². The quantitative estimate of drug-likeness (QED) is 0.757. The first kappa shape index (κ1) is 22.9. The standard InChI is InChI=1S/C17H30N2O2.C2HF3O2/c1-4-18(5-2)9-14-6-7-17(21-10-14)11-19(12-17)16(20)15-8-13(15)3;3-2(4,5)1(6)7/h13-15H,4-12H2,1-3H3;(H,6,7). The third-order valence-electron chi connectivity index (χ3n) is 5.98. The summed E-state index contributed by atoms with van der Waals surface area (Å²) in [5, 5.41) is 7.12. The maximum Gasteiger partial charge on any atom is 0.490 e. The fraction of sp³-hybridized carbons (Fsp3) is 0.895. The van der Waals surface area contributed by atoms with Crippen LogP contribution in [0.25, 0.3) is 0 Å². The summed E-state index contributed by atoms with van der Waals surface area (Å²) in [5.74, 6) is -0.778. The molecule has 0 aromatic carbocycles. The molecule has 2 heterocycles.